The standard InChI is InChI=1S/C115H69BN2O2S2/c1-7-29-70(30-8-1)80-44-25-45-81(71-31-9-2-10-32-71)111(80)117-100-66-94-92-61-75(84-48-27-50-90-88-42-20-23-53-104(88)119-113(84)90)56-59-106(92)121-108(94)68-98(100)116-99-69-109-95(93-62-76(57-60-107(93)122-109)85-49-28-51-91-89-43-21-24-54-105(89)120-114(85)91)67-101(99)118(112-82(72-33-11-3-12-34-72)46-26-47-83(112)73-35-13-4-14-36-73)103-65-77(64-102(117)110(103)116)74-55-58-87-86-41-19-22-52-96(86)115(97(87)63-74,78-37-15-5-16-38-78)79-39-17-6-18-40-79/h1-69H. The van der Waals surface area contributed by atoms with Crippen LogP contribution in [-0.4, -0.2) is 6.71 Å². The Bertz CT molecular complexity index is 7730. The van der Waals surface area contributed by atoms with Gasteiger partial charge in [-0.1, -0.05) is 340 Å². The quantitative estimate of drug-likeness (QED) is 0.121. The van der Waals surface area contributed by atoms with Crippen LogP contribution in [0.25, 0.3) is 173 Å². The average Bonchev–Trinajstić information content (AvgIpc) is 1.24. The molecule has 0 saturated heterocycles. The fourth-order valence-corrected chi connectivity index (χ4v) is 23.3. The molecule has 4 nitrogen and oxygen atoms in total. The largest absolute Gasteiger partial charge is 0.455 e. The van der Waals surface area contributed by atoms with Gasteiger partial charge in [0.15, 0.2) is 0 Å². The molecule has 2 aliphatic heterocycles. The first-order chi connectivity index (χ1) is 60.5. The molecular weight excluding hydrogens is 1520 g/mol. The molecule has 0 fully saturated rings. The minimum atomic E-state index is -0.674. The zero-order valence-electron chi connectivity index (χ0n) is 65.9. The number of thiophene rings is 2. The van der Waals surface area contributed by atoms with Crippen molar-refractivity contribution in [2.45, 2.75) is 5.41 Å². The first kappa shape index (κ1) is 68.9. The number of anilines is 6. The molecule has 0 saturated carbocycles. The fraction of sp³-hybridized carbons (Fsp3) is 0.00870. The molecule has 26 rings (SSSR count). The van der Waals surface area contributed by atoms with E-state index < -0.39 is 5.41 Å². The van der Waals surface area contributed by atoms with E-state index in [1.807, 2.05) is 22.7 Å². The lowest BCUT2D eigenvalue weighted by atomic mass is 9.33. The number of fused-ring (bicyclic) bond motifs is 19. The van der Waals surface area contributed by atoms with Crippen molar-refractivity contribution >= 4 is 164 Å². The maximum absolute atomic E-state index is 6.86. The molecule has 0 amide bonds. The smallest absolute Gasteiger partial charge is 0.252 e. The van der Waals surface area contributed by atoms with E-state index >= 15 is 0 Å². The van der Waals surface area contributed by atoms with Crippen molar-refractivity contribution < 1.29 is 8.83 Å². The van der Waals surface area contributed by atoms with Crippen LogP contribution >= 0.6 is 22.7 Å². The molecule has 0 spiro atoms. The molecule has 23 aromatic rings. The van der Waals surface area contributed by atoms with Gasteiger partial charge in [-0.25, -0.2) is 0 Å². The van der Waals surface area contributed by atoms with Crippen LogP contribution in [0.4, 0.5) is 34.1 Å². The number of benzene rings is 19. The van der Waals surface area contributed by atoms with Crippen LogP contribution in [0, 0.1) is 0 Å². The van der Waals surface area contributed by atoms with Crippen LogP contribution in [0.3, 0.4) is 0 Å². The molecule has 19 aromatic carbocycles. The highest BCUT2D eigenvalue weighted by Crippen LogP contribution is 2.60. The molecule has 3 aliphatic rings. The average molecular weight is 1590 g/mol. The molecule has 0 unspecified atom stereocenters. The predicted molar refractivity (Wildman–Crippen MR) is 516 cm³/mol. The molecule has 566 valence electrons. The summed E-state index contributed by atoms with van der Waals surface area (Å²) in [7, 11) is 0. The van der Waals surface area contributed by atoms with Crippen LogP contribution < -0.4 is 26.2 Å². The number of hydrogen-bond acceptors (Lipinski definition) is 6. The van der Waals surface area contributed by atoms with E-state index in [4.69, 9.17) is 8.83 Å². The minimum Gasteiger partial charge on any atom is -0.455 e. The molecule has 4 aromatic heterocycles. The van der Waals surface area contributed by atoms with Crippen LogP contribution in [-0.2, 0) is 5.41 Å². The van der Waals surface area contributed by atoms with E-state index in [1.165, 1.54) is 90.1 Å². The van der Waals surface area contributed by atoms with E-state index in [9.17, 15) is 0 Å². The highest BCUT2D eigenvalue weighted by Gasteiger charge is 2.49. The summed E-state index contributed by atoms with van der Waals surface area (Å²) in [5.74, 6) is 0. The lowest BCUT2D eigenvalue weighted by Gasteiger charge is -2.46. The van der Waals surface area contributed by atoms with Crippen LogP contribution in [0.1, 0.15) is 22.3 Å². The van der Waals surface area contributed by atoms with Gasteiger partial charge in [-0.15, -0.1) is 22.7 Å². The van der Waals surface area contributed by atoms with E-state index in [2.05, 4.69) is 428 Å². The van der Waals surface area contributed by atoms with Crippen molar-refractivity contribution in [3.8, 4) is 89.0 Å². The van der Waals surface area contributed by atoms with Crippen molar-refractivity contribution in [1.29, 1.82) is 0 Å². The van der Waals surface area contributed by atoms with E-state index in [0.29, 0.717) is 0 Å². The third-order valence-electron chi connectivity index (χ3n) is 26.3. The monoisotopic (exact) mass is 1580 g/mol. The van der Waals surface area contributed by atoms with Gasteiger partial charge < -0.3 is 18.6 Å². The molecule has 1 aliphatic carbocycles. The third kappa shape index (κ3) is 10.2. The van der Waals surface area contributed by atoms with Crippen LogP contribution in [0.5, 0.6) is 0 Å². The van der Waals surface area contributed by atoms with Gasteiger partial charge in [-0.2, -0.15) is 0 Å². The highest BCUT2D eigenvalue weighted by molar-refractivity contribution is 7.26. The summed E-state index contributed by atoms with van der Waals surface area (Å²) in [6.45, 7) is -0.315. The number of nitrogens with zero attached hydrogens (tertiary/aromatic N) is 2. The second kappa shape index (κ2) is 27.0. The number of rotatable bonds is 11. The Morgan fingerprint density at radius 3 is 1.04 bits per heavy atom. The first-order valence-electron chi connectivity index (χ1n) is 41.9. The maximum atomic E-state index is 6.86. The SMILES string of the molecule is c1ccc(-c2cccc(-c3ccccc3)c2N2c3cc4c(cc3B3c5cc6sc7ccc(-c8cccc9c8oc8ccccc89)cc7c6cc5N(c5c(-c6ccccc6)cccc5-c5ccccc5)c5cc(-c6ccc7c(c6)C(c6ccccc6)(c6ccccc6)c6ccccc6-7)cc2c53)sc2ccc(-c3cccc5c3oc3ccccc35)cc24)cc1. The van der Waals surface area contributed by atoms with Gasteiger partial charge in [0.1, 0.15) is 22.3 Å². The second-order valence-electron chi connectivity index (χ2n) is 32.7. The Labute approximate surface area is 712 Å². The summed E-state index contributed by atoms with van der Waals surface area (Å²) in [6, 6.07) is 157. The summed E-state index contributed by atoms with van der Waals surface area (Å²) >= 11 is 3.78. The number of furan rings is 2. The van der Waals surface area contributed by atoms with Crippen LogP contribution in [0.15, 0.2) is 427 Å². The Morgan fingerprint density at radius 2 is 0.582 bits per heavy atom. The van der Waals surface area contributed by atoms with Gasteiger partial charge in [0.25, 0.3) is 6.71 Å². The molecule has 7 heteroatoms. The molecule has 6 heterocycles. The van der Waals surface area contributed by atoms with Gasteiger partial charge in [0, 0.05) is 118 Å². The van der Waals surface area contributed by atoms with Crippen molar-refractivity contribution in [2.75, 3.05) is 9.80 Å². The maximum Gasteiger partial charge on any atom is 0.252 e. The molecule has 0 atom stereocenters. The first-order valence-corrected chi connectivity index (χ1v) is 43.6. The molecule has 0 N–H and O–H groups in total. The lowest BCUT2D eigenvalue weighted by molar-refractivity contribution is 0.669. The number of hydrogen-bond donors (Lipinski definition) is 0. The third-order valence-corrected chi connectivity index (χ3v) is 28.6. The highest BCUT2D eigenvalue weighted by atomic mass is 32.1. The zero-order chi connectivity index (χ0) is 79.8. The van der Waals surface area contributed by atoms with Crippen molar-refractivity contribution in [3.05, 3.63) is 441 Å². The van der Waals surface area contributed by atoms with Gasteiger partial charge in [-0.3, -0.25) is 0 Å². The van der Waals surface area contributed by atoms with Gasteiger partial charge in [0.2, 0.25) is 0 Å². The van der Waals surface area contributed by atoms with E-state index in [-0.39, 0.29) is 6.71 Å². The topological polar surface area (TPSA) is 32.8 Å². The number of para-hydroxylation sites is 6. The second-order valence-corrected chi connectivity index (χ2v) is 34.9. The summed E-state index contributed by atoms with van der Waals surface area (Å²) in [4.78, 5) is 5.46. The minimum absolute atomic E-state index is 0.315. The Balaban J connectivity index is 0.822. The Kier molecular flexibility index (Phi) is 15.2. The summed E-state index contributed by atoms with van der Waals surface area (Å²) in [5, 5.41) is 9.23. The van der Waals surface area contributed by atoms with E-state index in [0.717, 1.165) is 156 Å². The summed E-state index contributed by atoms with van der Waals surface area (Å²) in [5.41, 5.74) is 36.1. The van der Waals surface area contributed by atoms with Gasteiger partial charge in [0.05, 0.1) is 16.8 Å². The molecule has 0 radical (unpaired) electrons. The molecule has 122 heavy (non-hydrogen) atoms. The van der Waals surface area contributed by atoms with Crippen molar-refractivity contribution in [2.24, 2.45) is 0 Å². The van der Waals surface area contributed by atoms with E-state index in [1.54, 1.807) is 0 Å². The predicted octanol–water partition coefficient (Wildman–Crippen LogP) is 30.3. The van der Waals surface area contributed by atoms with Gasteiger partial charge in [-0.05, 0) is 173 Å². The zero-order valence-corrected chi connectivity index (χ0v) is 67.6. The molecule has 0 bridgehead atoms. The fourth-order valence-electron chi connectivity index (χ4n) is 21.1. The molecular formula is C115H69BN2O2S2. The Morgan fingerprint density at radius 1 is 0.221 bits per heavy atom. The normalized spacial score (nSPS) is 13.1. The Hall–Kier alpha value is -15.1. The lowest BCUT2D eigenvalue weighted by Crippen LogP contribution is -2.61. The van der Waals surface area contributed by atoms with Crippen molar-refractivity contribution in [3.63, 3.8) is 0 Å². The summed E-state index contributed by atoms with van der Waals surface area (Å²) < 4.78 is 18.6. The van der Waals surface area contributed by atoms with Gasteiger partial charge >= 0.3 is 0 Å². The van der Waals surface area contributed by atoms with Crippen molar-refractivity contribution in [1.82, 2.24) is 0 Å². The summed E-state index contributed by atoms with van der Waals surface area (Å²) in [6.07, 6.45) is 0. The van der Waals surface area contributed by atoms with Crippen LogP contribution in [0.2, 0.25) is 0 Å².